The average molecular weight is 421 g/mol. The molecule has 3 aliphatic heterocycles. The van der Waals surface area contributed by atoms with Crippen molar-refractivity contribution in [2.45, 2.75) is 19.4 Å². The maximum atomic E-state index is 12.7. The number of rotatable bonds is 5. The lowest BCUT2D eigenvalue weighted by molar-refractivity contribution is -0.117. The fourth-order valence-electron chi connectivity index (χ4n) is 3.70. The van der Waals surface area contributed by atoms with Gasteiger partial charge in [0.25, 0.3) is 15.9 Å². The number of carbonyl (C=O) groups excluding carboxylic acids is 1. The molecule has 1 aromatic rings. The molecule has 0 aliphatic carbocycles. The molecule has 1 amide bonds. The van der Waals surface area contributed by atoms with E-state index < -0.39 is 10.0 Å². The van der Waals surface area contributed by atoms with Gasteiger partial charge in [-0.25, -0.2) is 8.42 Å². The van der Waals surface area contributed by atoms with Crippen molar-refractivity contribution in [1.82, 2.24) is 15.1 Å². The summed E-state index contributed by atoms with van der Waals surface area (Å²) in [6, 6.07) is 4.25. The van der Waals surface area contributed by atoms with Crippen LogP contribution in [0.5, 0.6) is 0 Å². The summed E-state index contributed by atoms with van der Waals surface area (Å²) in [7, 11) is -3.50. The number of likely N-dealkylation sites (tertiary alicyclic amines) is 1. The van der Waals surface area contributed by atoms with Crippen molar-refractivity contribution in [3.8, 4) is 0 Å². The maximum absolute atomic E-state index is 12.7. The fourth-order valence-corrected chi connectivity index (χ4v) is 5.43. The summed E-state index contributed by atoms with van der Waals surface area (Å²) in [5.41, 5.74) is 0.320. The van der Waals surface area contributed by atoms with Gasteiger partial charge >= 0.3 is 0 Å². The standard InChI is InChI=1S/C19H24N4O3S2/c24-19(17-4-1-7-23-10-12-28(25,26)21-18(17)23)20-13-15-5-8-22(9-6-15)14-16-3-2-11-27-16/h1-4,7,11,15H,5-6,8-10,12-14H2,(H,20,24). The summed E-state index contributed by atoms with van der Waals surface area (Å²) in [5, 5.41) is 5.09. The highest BCUT2D eigenvalue weighted by Crippen LogP contribution is 2.21. The van der Waals surface area contributed by atoms with Crippen LogP contribution in [0.2, 0.25) is 0 Å². The zero-order valence-electron chi connectivity index (χ0n) is 15.6. The highest BCUT2D eigenvalue weighted by molar-refractivity contribution is 7.90. The van der Waals surface area contributed by atoms with E-state index in [9.17, 15) is 13.2 Å². The number of thiophene rings is 1. The van der Waals surface area contributed by atoms with E-state index in [-0.39, 0.29) is 17.5 Å². The molecule has 1 N–H and O–H groups in total. The Bertz CT molecular complexity index is 911. The second kappa shape index (κ2) is 8.18. The topological polar surface area (TPSA) is 82.1 Å². The summed E-state index contributed by atoms with van der Waals surface area (Å²) >= 11 is 1.79. The van der Waals surface area contributed by atoms with Gasteiger partial charge in [0, 0.05) is 30.7 Å². The highest BCUT2D eigenvalue weighted by Gasteiger charge is 2.30. The fraction of sp³-hybridized carbons (Fsp3) is 0.474. The normalized spacial score (nSPS) is 22.4. The average Bonchev–Trinajstić information content (AvgIpc) is 3.19. The molecule has 7 nitrogen and oxygen atoms in total. The van der Waals surface area contributed by atoms with Gasteiger partial charge in [-0.2, -0.15) is 0 Å². The van der Waals surface area contributed by atoms with Gasteiger partial charge in [0.1, 0.15) is 0 Å². The molecule has 1 fully saturated rings. The van der Waals surface area contributed by atoms with Crippen LogP contribution in [0.4, 0.5) is 0 Å². The third-order valence-electron chi connectivity index (χ3n) is 5.32. The lowest BCUT2D eigenvalue weighted by Gasteiger charge is -2.32. The van der Waals surface area contributed by atoms with Crippen molar-refractivity contribution < 1.29 is 13.2 Å². The van der Waals surface area contributed by atoms with Crippen LogP contribution in [0.3, 0.4) is 0 Å². The Morgan fingerprint density at radius 3 is 2.86 bits per heavy atom. The summed E-state index contributed by atoms with van der Waals surface area (Å²) in [4.78, 5) is 18.2. The molecule has 1 aromatic heterocycles. The van der Waals surface area contributed by atoms with Crippen LogP contribution in [0.25, 0.3) is 0 Å². The van der Waals surface area contributed by atoms with Crippen LogP contribution in [-0.4, -0.2) is 61.9 Å². The van der Waals surface area contributed by atoms with E-state index in [0.717, 1.165) is 32.5 Å². The van der Waals surface area contributed by atoms with Crippen molar-refractivity contribution >= 4 is 33.1 Å². The Labute approximate surface area is 169 Å². The number of allylic oxidation sites excluding steroid dienone is 2. The van der Waals surface area contributed by atoms with Crippen LogP contribution in [0.15, 0.2) is 45.8 Å². The van der Waals surface area contributed by atoms with Gasteiger partial charge in [-0.05, 0) is 55.4 Å². The van der Waals surface area contributed by atoms with Crippen molar-refractivity contribution in [3.63, 3.8) is 0 Å². The third kappa shape index (κ3) is 4.53. The second-order valence-corrected chi connectivity index (χ2v) is 10.1. The molecule has 0 unspecified atom stereocenters. The Kier molecular flexibility index (Phi) is 5.65. The minimum absolute atomic E-state index is 0.0280. The SMILES string of the molecule is O=C(NCC1CCN(Cc2cccs2)CC1)C1=CC=CN2CCS(=O)(=O)N=C12. The van der Waals surface area contributed by atoms with Gasteiger partial charge in [0.2, 0.25) is 0 Å². The van der Waals surface area contributed by atoms with Gasteiger partial charge in [-0.3, -0.25) is 9.69 Å². The first-order valence-corrected chi connectivity index (χ1v) is 12.0. The zero-order valence-corrected chi connectivity index (χ0v) is 17.2. The maximum Gasteiger partial charge on any atom is 0.256 e. The van der Waals surface area contributed by atoms with Crippen LogP contribution < -0.4 is 5.32 Å². The first-order valence-electron chi connectivity index (χ1n) is 9.51. The minimum Gasteiger partial charge on any atom is -0.352 e. The summed E-state index contributed by atoms with van der Waals surface area (Å²) in [5.74, 6) is 0.388. The molecule has 150 valence electrons. The lowest BCUT2D eigenvalue weighted by atomic mass is 9.96. The summed E-state index contributed by atoms with van der Waals surface area (Å²) in [6.45, 7) is 3.99. The number of carbonyl (C=O) groups is 1. The number of sulfonamides is 1. The molecule has 0 spiro atoms. The molecule has 28 heavy (non-hydrogen) atoms. The summed E-state index contributed by atoms with van der Waals surface area (Å²) < 4.78 is 27.5. The molecule has 0 atom stereocenters. The van der Waals surface area contributed by atoms with Crippen molar-refractivity contribution in [3.05, 3.63) is 46.3 Å². The minimum atomic E-state index is -3.50. The number of nitrogens with one attached hydrogen (secondary N) is 1. The Balaban J connectivity index is 1.29. The van der Waals surface area contributed by atoms with E-state index in [2.05, 4.69) is 32.1 Å². The van der Waals surface area contributed by atoms with Gasteiger partial charge in [-0.15, -0.1) is 15.7 Å². The predicted molar refractivity (Wildman–Crippen MR) is 110 cm³/mol. The van der Waals surface area contributed by atoms with Gasteiger partial charge in [-0.1, -0.05) is 6.07 Å². The van der Waals surface area contributed by atoms with Gasteiger partial charge in [0.05, 0.1) is 11.3 Å². The highest BCUT2D eigenvalue weighted by atomic mass is 32.2. The number of amides is 1. The van der Waals surface area contributed by atoms with Crippen molar-refractivity contribution in [1.29, 1.82) is 0 Å². The zero-order chi connectivity index (χ0) is 19.6. The Hall–Kier alpha value is -1.97. The van der Waals surface area contributed by atoms with Crippen molar-refractivity contribution in [2.24, 2.45) is 10.3 Å². The number of hydrogen-bond acceptors (Lipinski definition) is 6. The molecule has 0 saturated carbocycles. The molecular weight excluding hydrogens is 396 g/mol. The first kappa shape index (κ1) is 19.4. The molecule has 0 radical (unpaired) electrons. The molecular formula is C19H24N4O3S2. The third-order valence-corrected chi connectivity index (χ3v) is 7.33. The number of hydrogen-bond donors (Lipinski definition) is 1. The first-order chi connectivity index (χ1) is 13.5. The van der Waals surface area contributed by atoms with Crippen LogP contribution >= 0.6 is 11.3 Å². The van der Waals surface area contributed by atoms with Gasteiger partial charge < -0.3 is 10.2 Å². The number of nitrogens with zero attached hydrogens (tertiary/aromatic N) is 3. The van der Waals surface area contributed by atoms with E-state index in [1.54, 1.807) is 34.6 Å². The quantitative estimate of drug-likeness (QED) is 0.782. The Morgan fingerprint density at radius 2 is 2.11 bits per heavy atom. The van der Waals surface area contributed by atoms with E-state index in [4.69, 9.17) is 0 Å². The number of piperidine rings is 1. The van der Waals surface area contributed by atoms with Crippen molar-refractivity contribution in [2.75, 3.05) is 31.9 Å². The number of amidine groups is 1. The predicted octanol–water partition coefficient (Wildman–Crippen LogP) is 1.57. The van der Waals surface area contributed by atoms with Crippen LogP contribution in [0, 0.1) is 5.92 Å². The van der Waals surface area contributed by atoms with E-state index in [0.29, 0.717) is 24.6 Å². The molecule has 0 bridgehead atoms. The van der Waals surface area contributed by atoms with E-state index in [1.807, 2.05) is 0 Å². The van der Waals surface area contributed by atoms with Crippen LogP contribution in [-0.2, 0) is 21.4 Å². The van der Waals surface area contributed by atoms with Gasteiger partial charge in [0.15, 0.2) is 5.84 Å². The smallest absolute Gasteiger partial charge is 0.256 e. The number of fused-ring (bicyclic) bond motifs is 1. The largest absolute Gasteiger partial charge is 0.352 e. The van der Waals surface area contributed by atoms with E-state index in [1.165, 1.54) is 4.88 Å². The molecule has 0 aromatic carbocycles. The molecule has 3 aliphatic rings. The second-order valence-electron chi connectivity index (χ2n) is 7.33. The summed E-state index contributed by atoms with van der Waals surface area (Å²) in [6.07, 6.45) is 7.25. The Morgan fingerprint density at radius 1 is 1.29 bits per heavy atom. The molecule has 1 saturated heterocycles. The lowest BCUT2D eigenvalue weighted by Crippen LogP contribution is -2.43. The monoisotopic (exact) mass is 420 g/mol. The molecule has 4 heterocycles. The van der Waals surface area contributed by atoms with Crippen LogP contribution in [0.1, 0.15) is 17.7 Å². The van der Waals surface area contributed by atoms with E-state index >= 15 is 0 Å². The molecule has 9 heteroatoms. The molecule has 4 rings (SSSR count).